The molecule has 3 aromatic heterocycles. The van der Waals surface area contributed by atoms with Gasteiger partial charge in [-0.05, 0) is 37.6 Å². The van der Waals surface area contributed by atoms with Gasteiger partial charge in [-0.15, -0.1) is 0 Å². The van der Waals surface area contributed by atoms with Crippen molar-refractivity contribution in [1.82, 2.24) is 29.4 Å². The minimum atomic E-state index is -1.36. The van der Waals surface area contributed by atoms with Gasteiger partial charge in [-0.3, -0.25) is 9.78 Å². The number of hydrogen-bond donors (Lipinski definition) is 1. The summed E-state index contributed by atoms with van der Waals surface area (Å²) in [6.07, 6.45) is 3.62. The first-order valence-corrected chi connectivity index (χ1v) is 13.5. The van der Waals surface area contributed by atoms with Crippen LogP contribution < -0.4 is 4.74 Å². The number of fused-ring (bicyclic) bond motifs is 3. The van der Waals surface area contributed by atoms with E-state index in [0.29, 0.717) is 52.0 Å². The molecule has 1 aliphatic rings. The largest absolute Gasteiger partial charge is 0.424 e. The van der Waals surface area contributed by atoms with Crippen LogP contribution in [0, 0.1) is 12.7 Å². The van der Waals surface area contributed by atoms with Crippen LogP contribution in [-0.4, -0.2) is 66.3 Å². The minimum absolute atomic E-state index is 0.0369. The first kappa shape index (κ1) is 27.0. The molecule has 1 aliphatic heterocycles. The van der Waals surface area contributed by atoms with Crippen LogP contribution in [0.15, 0.2) is 55.0 Å². The molecule has 2 atom stereocenters. The monoisotopic (exact) mass is 578 g/mol. The number of pyridine rings is 1. The van der Waals surface area contributed by atoms with Gasteiger partial charge in [0.25, 0.3) is 0 Å². The highest BCUT2D eigenvalue weighted by atomic mass is 35.5. The van der Waals surface area contributed by atoms with E-state index >= 15 is 8.78 Å². The lowest BCUT2D eigenvalue weighted by molar-refractivity contribution is -0.134. The van der Waals surface area contributed by atoms with Gasteiger partial charge in [-0.2, -0.15) is 0 Å². The molecule has 2 aromatic carbocycles. The molecule has 210 valence electrons. The number of carbonyl (C=O) groups is 1. The summed E-state index contributed by atoms with van der Waals surface area (Å²) in [6, 6.07) is 9.08. The molecule has 0 radical (unpaired) electrons. The molecule has 9 nitrogen and oxygen atoms in total. The van der Waals surface area contributed by atoms with E-state index in [4.69, 9.17) is 21.4 Å². The first-order chi connectivity index (χ1) is 19.8. The van der Waals surface area contributed by atoms with Crippen LogP contribution in [0.1, 0.15) is 24.7 Å². The zero-order valence-corrected chi connectivity index (χ0v) is 22.7. The van der Waals surface area contributed by atoms with Crippen molar-refractivity contribution in [3.8, 4) is 22.9 Å². The number of aryl methyl sites for hydroxylation is 1. The quantitative estimate of drug-likeness (QED) is 0.286. The number of hydrogen-bond acceptors (Lipinski definition) is 7. The number of halogens is 3. The maximum Gasteiger partial charge on any atom is 0.321 e. The fraction of sp³-hybridized carbons (Fsp3) is 0.276. The summed E-state index contributed by atoms with van der Waals surface area (Å²) in [4.78, 5) is 30.8. The Kier molecular flexibility index (Phi) is 7.22. The van der Waals surface area contributed by atoms with Crippen LogP contribution >= 0.6 is 11.6 Å². The number of aliphatic hydroxyl groups excluding tert-OH is 1. The first-order valence-electron chi connectivity index (χ1n) is 13.1. The van der Waals surface area contributed by atoms with Crippen LogP contribution in [0.3, 0.4) is 0 Å². The molecule has 12 heteroatoms. The van der Waals surface area contributed by atoms with Crippen molar-refractivity contribution in [3.05, 3.63) is 71.7 Å². The summed E-state index contributed by atoms with van der Waals surface area (Å²) >= 11 is 6.59. The third kappa shape index (κ3) is 5.07. The average Bonchev–Trinajstić information content (AvgIpc) is 3.29. The van der Waals surface area contributed by atoms with Gasteiger partial charge in [0.05, 0.1) is 41.4 Å². The lowest BCUT2D eigenvalue weighted by Gasteiger charge is -2.36. The molecule has 5 aromatic rings. The molecule has 1 N–H and O–H groups in total. The minimum Gasteiger partial charge on any atom is -0.424 e. The average molecular weight is 579 g/mol. The van der Waals surface area contributed by atoms with Crippen molar-refractivity contribution in [2.24, 2.45) is 0 Å². The zero-order chi connectivity index (χ0) is 28.7. The molecule has 41 heavy (non-hydrogen) atoms. The van der Waals surface area contributed by atoms with E-state index < -0.39 is 18.0 Å². The smallest absolute Gasteiger partial charge is 0.321 e. The van der Waals surface area contributed by atoms with E-state index in [1.165, 1.54) is 11.0 Å². The topological polar surface area (TPSA) is 106 Å². The second kappa shape index (κ2) is 11.0. The Hall–Kier alpha value is -4.22. The molecular weight excluding hydrogens is 554 g/mol. The van der Waals surface area contributed by atoms with Crippen molar-refractivity contribution in [2.75, 3.05) is 19.7 Å². The Morgan fingerprint density at radius 2 is 1.95 bits per heavy atom. The summed E-state index contributed by atoms with van der Waals surface area (Å²) in [6.45, 7) is 1.78. The zero-order valence-electron chi connectivity index (χ0n) is 22.0. The van der Waals surface area contributed by atoms with Gasteiger partial charge in [0.1, 0.15) is 29.1 Å². The number of carbonyl (C=O) groups excluding carboxylic acids is 1. The number of rotatable bonds is 6. The van der Waals surface area contributed by atoms with Gasteiger partial charge in [0.15, 0.2) is 0 Å². The fourth-order valence-electron chi connectivity index (χ4n) is 5.41. The van der Waals surface area contributed by atoms with Crippen molar-refractivity contribution < 1.29 is 23.4 Å². The van der Waals surface area contributed by atoms with Gasteiger partial charge in [0, 0.05) is 54.0 Å². The van der Waals surface area contributed by atoms with Gasteiger partial charge >= 0.3 is 6.01 Å². The second-order valence-electron chi connectivity index (χ2n) is 9.83. The fourth-order valence-corrected chi connectivity index (χ4v) is 5.68. The Morgan fingerprint density at radius 1 is 1.15 bits per heavy atom. The van der Waals surface area contributed by atoms with Gasteiger partial charge in [-0.1, -0.05) is 11.6 Å². The molecule has 1 amide bonds. The summed E-state index contributed by atoms with van der Waals surface area (Å²) in [5, 5.41) is 9.95. The predicted octanol–water partition coefficient (Wildman–Crippen LogP) is 5.43. The number of benzene rings is 2. The van der Waals surface area contributed by atoms with Gasteiger partial charge < -0.3 is 19.3 Å². The molecule has 6 rings (SSSR count). The van der Waals surface area contributed by atoms with E-state index in [1.807, 2.05) is 4.57 Å². The predicted molar refractivity (Wildman–Crippen MR) is 149 cm³/mol. The van der Waals surface area contributed by atoms with E-state index in [9.17, 15) is 4.79 Å². The van der Waals surface area contributed by atoms with Crippen molar-refractivity contribution in [3.63, 3.8) is 0 Å². The highest BCUT2D eigenvalue weighted by Crippen LogP contribution is 2.39. The molecule has 1 fully saturated rings. The number of alkyl halides is 1. The maximum absolute atomic E-state index is 15.6. The van der Waals surface area contributed by atoms with Crippen molar-refractivity contribution >= 4 is 39.4 Å². The second-order valence-corrected chi connectivity index (χ2v) is 10.2. The summed E-state index contributed by atoms with van der Waals surface area (Å²) < 4.78 is 38.5. The van der Waals surface area contributed by atoms with Crippen molar-refractivity contribution in [1.29, 1.82) is 0 Å². The number of aromatic nitrogens is 5. The van der Waals surface area contributed by atoms with E-state index in [1.54, 1.807) is 55.8 Å². The lowest BCUT2D eigenvalue weighted by Crippen LogP contribution is -2.45. The highest BCUT2D eigenvalue weighted by Gasteiger charge is 2.34. The molecular formula is C29H25ClF2N6O3. The van der Waals surface area contributed by atoms with Gasteiger partial charge in [-0.25, -0.2) is 23.7 Å². The van der Waals surface area contributed by atoms with Crippen molar-refractivity contribution in [2.45, 2.75) is 32.0 Å². The number of piperidine rings is 1. The Balaban J connectivity index is 1.40. The Bertz CT molecular complexity index is 1770. The Morgan fingerprint density at radius 3 is 2.68 bits per heavy atom. The molecule has 4 heterocycles. The number of amides is 1. The maximum atomic E-state index is 15.6. The SMILES string of the molecule is Cc1nc2cnc3cc(F)c(-c4ccc(Oc5ncccn5)cc4Cl)cc3c2n1[C@H]1CCN(C(=O)CCO)C[C@@H]1F. The van der Waals surface area contributed by atoms with E-state index in [-0.39, 0.29) is 42.1 Å². The molecule has 0 spiro atoms. The number of imidazole rings is 1. The molecule has 0 unspecified atom stereocenters. The lowest BCUT2D eigenvalue weighted by atomic mass is 9.99. The Labute approximate surface area is 238 Å². The van der Waals surface area contributed by atoms with E-state index in [0.717, 1.165) is 0 Å². The summed E-state index contributed by atoms with van der Waals surface area (Å²) in [7, 11) is 0. The third-order valence-corrected chi connectivity index (χ3v) is 7.59. The third-order valence-electron chi connectivity index (χ3n) is 7.28. The summed E-state index contributed by atoms with van der Waals surface area (Å²) in [5.74, 6) is 0.181. The van der Waals surface area contributed by atoms with Crippen LogP contribution in [-0.2, 0) is 4.79 Å². The number of likely N-dealkylation sites (tertiary alicyclic amines) is 1. The summed E-state index contributed by atoms with van der Waals surface area (Å²) in [5.41, 5.74) is 2.26. The standard InChI is InChI=1S/C29H25ClF2N6O3/c1-16-36-25-14-35-24-13-22(31)19(18-4-3-17(11-21(18)30)41-29-33-7-2-8-34-29)12-20(24)28(25)38(16)26-5-9-37(15-23(26)32)27(40)6-10-39/h2-4,7-8,11-14,23,26,39H,5-6,9-10,15H2,1H3/t23-,26-/m0/s1. The normalized spacial score (nSPS) is 17.3. The molecule has 0 bridgehead atoms. The molecule has 0 aliphatic carbocycles. The van der Waals surface area contributed by atoms with Crippen LogP contribution in [0.5, 0.6) is 11.8 Å². The van der Waals surface area contributed by atoms with Crippen LogP contribution in [0.2, 0.25) is 5.02 Å². The van der Waals surface area contributed by atoms with Gasteiger partial charge in [0.2, 0.25) is 5.91 Å². The highest BCUT2D eigenvalue weighted by molar-refractivity contribution is 6.33. The number of aliphatic hydroxyl groups is 1. The number of nitrogens with zero attached hydrogens (tertiary/aromatic N) is 6. The van der Waals surface area contributed by atoms with E-state index in [2.05, 4.69) is 19.9 Å². The molecule has 0 saturated carbocycles. The molecule has 1 saturated heterocycles. The van der Waals surface area contributed by atoms with Crippen LogP contribution in [0.4, 0.5) is 8.78 Å². The number of ether oxygens (including phenoxy) is 1. The van der Waals surface area contributed by atoms with Crippen LogP contribution in [0.25, 0.3) is 33.1 Å².